The van der Waals surface area contributed by atoms with Gasteiger partial charge in [0.15, 0.2) is 0 Å². The number of nitrogens with one attached hydrogen (secondary N) is 1. The molecule has 96 valence electrons. The van der Waals surface area contributed by atoms with Gasteiger partial charge in [-0.15, -0.1) is 0 Å². The summed E-state index contributed by atoms with van der Waals surface area (Å²) in [6, 6.07) is 10.2. The van der Waals surface area contributed by atoms with Crippen molar-refractivity contribution in [2.45, 2.75) is 19.4 Å². The third-order valence-corrected chi connectivity index (χ3v) is 2.82. The summed E-state index contributed by atoms with van der Waals surface area (Å²) < 4.78 is 1.88. The fourth-order valence-corrected chi connectivity index (χ4v) is 1.88. The molecule has 0 bridgehead atoms. The maximum Gasteiger partial charge on any atom is 0.0690 e. The van der Waals surface area contributed by atoms with E-state index in [1.807, 2.05) is 29.1 Å². The Labute approximate surface area is 107 Å². The Morgan fingerprint density at radius 3 is 2.83 bits per heavy atom. The highest BCUT2D eigenvalue weighted by molar-refractivity contribution is 5.40. The minimum absolute atomic E-state index is 0.269. The van der Waals surface area contributed by atoms with Crippen molar-refractivity contribution in [3.8, 4) is 5.69 Å². The van der Waals surface area contributed by atoms with Gasteiger partial charge in [0, 0.05) is 25.5 Å². The van der Waals surface area contributed by atoms with E-state index in [-0.39, 0.29) is 6.61 Å². The van der Waals surface area contributed by atoms with Gasteiger partial charge in [0.1, 0.15) is 0 Å². The van der Waals surface area contributed by atoms with Crippen LogP contribution in [0.15, 0.2) is 42.7 Å². The molecule has 0 aliphatic carbocycles. The van der Waals surface area contributed by atoms with E-state index >= 15 is 0 Å². The summed E-state index contributed by atoms with van der Waals surface area (Å²) in [5.74, 6) is 0. The average Bonchev–Trinajstić information content (AvgIpc) is 2.93. The number of hydrogen-bond acceptors (Lipinski definition) is 3. The number of para-hydroxylation sites is 1. The van der Waals surface area contributed by atoms with Gasteiger partial charge in [-0.3, -0.25) is 0 Å². The largest absolute Gasteiger partial charge is 0.396 e. The van der Waals surface area contributed by atoms with Gasteiger partial charge in [-0.25, -0.2) is 4.68 Å². The van der Waals surface area contributed by atoms with Gasteiger partial charge >= 0.3 is 0 Å². The number of aliphatic hydroxyl groups excluding tert-OH is 1. The summed E-state index contributed by atoms with van der Waals surface area (Å²) in [7, 11) is 0. The van der Waals surface area contributed by atoms with Gasteiger partial charge in [0.25, 0.3) is 0 Å². The van der Waals surface area contributed by atoms with E-state index in [4.69, 9.17) is 5.11 Å². The highest BCUT2D eigenvalue weighted by Crippen LogP contribution is 2.12. The van der Waals surface area contributed by atoms with Crippen molar-refractivity contribution in [1.82, 2.24) is 15.1 Å². The Bertz CT molecular complexity index is 454. The van der Waals surface area contributed by atoms with E-state index in [1.165, 1.54) is 5.56 Å². The molecule has 2 rings (SSSR count). The van der Waals surface area contributed by atoms with Crippen molar-refractivity contribution in [2.24, 2.45) is 0 Å². The number of hydrogen-bond donors (Lipinski definition) is 2. The van der Waals surface area contributed by atoms with Crippen LogP contribution in [0.4, 0.5) is 0 Å². The van der Waals surface area contributed by atoms with E-state index in [2.05, 4.69) is 22.5 Å². The number of aliphatic hydroxyl groups is 1. The molecule has 0 amide bonds. The maximum absolute atomic E-state index is 8.71. The lowest BCUT2D eigenvalue weighted by atomic mass is 10.1. The number of benzene rings is 1. The van der Waals surface area contributed by atoms with Crippen molar-refractivity contribution in [2.75, 3.05) is 13.2 Å². The first-order valence-electron chi connectivity index (χ1n) is 6.31. The monoisotopic (exact) mass is 245 g/mol. The first-order valence-corrected chi connectivity index (χ1v) is 6.31. The molecule has 2 aromatic rings. The summed E-state index contributed by atoms with van der Waals surface area (Å²) in [4.78, 5) is 0. The average molecular weight is 245 g/mol. The molecule has 0 radical (unpaired) electrons. The van der Waals surface area contributed by atoms with Crippen LogP contribution in [0.25, 0.3) is 5.69 Å². The van der Waals surface area contributed by atoms with Gasteiger partial charge < -0.3 is 10.4 Å². The standard InChI is InChI=1S/C14H19N3O/c18-11-4-3-8-15-12-13-6-1-2-7-14(13)17-10-5-9-16-17/h1-2,5-7,9-10,15,18H,3-4,8,11-12H2. The number of nitrogens with zero attached hydrogens (tertiary/aromatic N) is 2. The van der Waals surface area contributed by atoms with Crippen molar-refractivity contribution < 1.29 is 5.11 Å². The molecule has 0 saturated carbocycles. The highest BCUT2D eigenvalue weighted by atomic mass is 16.2. The molecule has 4 nitrogen and oxygen atoms in total. The molecule has 0 saturated heterocycles. The second-order valence-electron chi connectivity index (χ2n) is 4.19. The van der Waals surface area contributed by atoms with Gasteiger partial charge in [-0.2, -0.15) is 5.10 Å². The van der Waals surface area contributed by atoms with Crippen LogP contribution >= 0.6 is 0 Å². The van der Waals surface area contributed by atoms with Crippen LogP contribution in [0.5, 0.6) is 0 Å². The predicted octanol–water partition coefficient (Wildman–Crippen LogP) is 1.73. The third-order valence-electron chi connectivity index (χ3n) is 2.82. The van der Waals surface area contributed by atoms with E-state index in [9.17, 15) is 0 Å². The van der Waals surface area contributed by atoms with Crippen LogP contribution in [0.2, 0.25) is 0 Å². The lowest BCUT2D eigenvalue weighted by molar-refractivity contribution is 0.283. The van der Waals surface area contributed by atoms with Crippen LogP contribution < -0.4 is 5.32 Å². The minimum Gasteiger partial charge on any atom is -0.396 e. The zero-order chi connectivity index (χ0) is 12.6. The van der Waals surface area contributed by atoms with Crippen LogP contribution in [0.3, 0.4) is 0 Å². The molecule has 0 aliphatic rings. The van der Waals surface area contributed by atoms with Crippen LogP contribution in [0.1, 0.15) is 18.4 Å². The van der Waals surface area contributed by atoms with Crippen LogP contribution in [0, 0.1) is 0 Å². The molecule has 18 heavy (non-hydrogen) atoms. The van der Waals surface area contributed by atoms with Crippen molar-refractivity contribution in [3.05, 3.63) is 48.3 Å². The molecule has 1 aromatic carbocycles. The van der Waals surface area contributed by atoms with Gasteiger partial charge in [0.05, 0.1) is 5.69 Å². The molecule has 1 aromatic heterocycles. The molecule has 4 heteroatoms. The smallest absolute Gasteiger partial charge is 0.0690 e. The lowest BCUT2D eigenvalue weighted by Gasteiger charge is -2.10. The number of unbranched alkanes of at least 4 members (excludes halogenated alkanes) is 1. The van der Waals surface area contributed by atoms with E-state index in [0.29, 0.717) is 0 Å². The summed E-state index contributed by atoms with van der Waals surface area (Å²) in [5, 5.41) is 16.4. The van der Waals surface area contributed by atoms with Gasteiger partial charge in [-0.05, 0) is 37.1 Å². The topological polar surface area (TPSA) is 50.1 Å². The number of rotatable bonds is 7. The van der Waals surface area contributed by atoms with E-state index in [1.54, 1.807) is 6.20 Å². The van der Waals surface area contributed by atoms with Crippen molar-refractivity contribution >= 4 is 0 Å². The predicted molar refractivity (Wildman–Crippen MR) is 71.6 cm³/mol. The molecule has 0 spiro atoms. The van der Waals surface area contributed by atoms with Crippen LogP contribution in [-0.4, -0.2) is 28.0 Å². The summed E-state index contributed by atoms with van der Waals surface area (Å²) >= 11 is 0. The zero-order valence-electron chi connectivity index (χ0n) is 10.4. The normalized spacial score (nSPS) is 10.7. The van der Waals surface area contributed by atoms with Crippen molar-refractivity contribution in [1.29, 1.82) is 0 Å². The Morgan fingerprint density at radius 2 is 2.06 bits per heavy atom. The molecule has 0 unspecified atom stereocenters. The molecular formula is C14H19N3O. The maximum atomic E-state index is 8.71. The van der Waals surface area contributed by atoms with Crippen molar-refractivity contribution in [3.63, 3.8) is 0 Å². The third kappa shape index (κ3) is 3.42. The molecule has 0 aliphatic heterocycles. The lowest BCUT2D eigenvalue weighted by Crippen LogP contribution is -2.16. The number of aromatic nitrogens is 2. The molecule has 1 heterocycles. The second-order valence-corrected chi connectivity index (χ2v) is 4.19. The highest BCUT2D eigenvalue weighted by Gasteiger charge is 2.03. The Kier molecular flexibility index (Phi) is 4.93. The van der Waals surface area contributed by atoms with E-state index in [0.717, 1.165) is 31.6 Å². The molecule has 0 atom stereocenters. The van der Waals surface area contributed by atoms with Crippen LogP contribution in [-0.2, 0) is 6.54 Å². The Hall–Kier alpha value is -1.65. The van der Waals surface area contributed by atoms with E-state index < -0.39 is 0 Å². The summed E-state index contributed by atoms with van der Waals surface area (Å²) in [6.07, 6.45) is 5.59. The SMILES string of the molecule is OCCCCNCc1ccccc1-n1cccn1. The summed E-state index contributed by atoms with van der Waals surface area (Å²) in [5.41, 5.74) is 2.34. The fraction of sp³-hybridized carbons (Fsp3) is 0.357. The fourth-order valence-electron chi connectivity index (χ4n) is 1.88. The Morgan fingerprint density at radius 1 is 1.17 bits per heavy atom. The Balaban J connectivity index is 1.96. The quantitative estimate of drug-likeness (QED) is 0.730. The van der Waals surface area contributed by atoms with Gasteiger partial charge in [0.2, 0.25) is 0 Å². The first-order chi connectivity index (χ1) is 8.92. The second kappa shape index (κ2) is 6.93. The zero-order valence-corrected chi connectivity index (χ0v) is 10.4. The first kappa shape index (κ1) is 12.8. The summed E-state index contributed by atoms with van der Waals surface area (Å²) in [6.45, 7) is 2.01. The minimum atomic E-state index is 0.269. The molecule has 0 fully saturated rings. The molecular weight excluding hydrogens is 226 g/mol. The molecule has 2 N–H and O–H groups in total. The van der Waals surface area contributed by atoms with Gasteiger partial charge in [-0.1, -0.05) is 18.2 Å².